The number of hydrogen-bond acceptors (Lipinski definition) is 8. The Balaban J connectivity index is 1.30. The number of anilines is 1. The number of aromatic nitrogens is 3. The highest BCUT2D eigenvalue weighted by atomic mass is 19.1. The minimum absolute atomic E-state index is 0.0340. The van der Waals surface area contributed by atoms with E-state index in [9.17, 15) is 14.4 Å². The smallest absolute Gasteiger partial charge is 0.319 e. The zero-order chi connectivity index (χ0) is 31.1. The molecule has 0 unspecified atom stereocenters. The fourth-order valence-corrected chi connectivity index (χ4v) is 7.91. The summed E-state index contributed by atoms with van der Waals surface area (Å²) in [6.07, 6.45) is 10.2. The molecule has 4 aliphatic rings. The molecule has 3 saturated heterocycles. The minimum atomic E-state index is -0.904. The standard InChI is InChI=1S/C34H37F2N7O2/c1-2-29(44)43-15-14-41(20-24(43)10-12-37)32-27-9-8-26(28-18-38-17-22-6-3-4-7-25(22)28)30(36)31(27)39-33(40-32)45-21-34-11-5-13-42(34)19-23(35)16-34/h2,8-9,17-18,23-24H,1,3-7,10-11,13-16,19-21H2/t23-,24+,34+/m1/s1. The maximum Gasteiger partial charge on any atom is 0.319 e. The highest BCUT2D eigenvalue weighted by Gasteiger charge is 2.49. The predicted octanol–water partition coefficient (Wildman–Crippen LogP) is 4.78. The quantitative estimate of drug-likeness (QED) is 0.351. The van der Waals surface area contributed by atoms with Crippen LogP contribution in [0.2, 0.25) is 0 Å². The molecule has 2 aromatic heterocycles. The number of rotatable bonds is 7. The second kappa shape index (κ2) is 12.0. The van der Waals surface area contributed by atoms with Crippen molar-refractivity contribution in [2.24, 2.45) is 0 Å². The Labute approximate surface area is 261 Å². The molecule has 0 saturated carbocycles. The topological polar surface area (TPSA) is 98.5 Å². The average Bonchev–Trinajstić information content (AvgIpc) is 3.59. The number of aryl methyl sites for hydroxylation is 1. The third-order valence-corrected chi connectivity index (χ3v) is 10.1. The molecule has 11 heteroatoms. The van der Waals surface area contributed by atoms with Crippen molar-refractivity contribution in [3.8, 4) is 23.2 Å². The number of piperazine rings is 1. The van der Waals surface area contributed by atoms with E-state index in [1.165, 1.54) is 6.08 Å². The highest BCUT2D eigenvalue weighted by Crippen LogP contribution is 2.41. The molecule has 9 nitrogen and oxygen atoms in total. The van der Waals surface area contributed by atoms with Gasteiger partial charge >= 0.3 is 6.01 Å². The molecule has 234 valence electrons. The van der Waals surface area contributed by atoms with Gasteiger partial charge in [-0.25, -0.2) is 8.78 Å². The van der Waals surface area contributed by atoms with Gasteiger partial charge in [0.15, 0.2) is 5.82 Å². The van der Waals surface area contributed by atoms with Gasteiger partial charge in [0, 0.05) is 61.5 Å². The molecule has 1 aromatic carbocycles. The first kappa shape index (κ1) is 29.5. The van der Waals surface area contributed by atoms with Gasteiger partial charge in [-0.3, -0.25) is 14.7 Å². The van der Waals surface area contributed by atoms with E-state index in [0.29, 0.717) is 49.4 Å². The number of fused-ring (bicyclic) bond motifs is 3. The molecule has 7 rings (SSSR count). The van der Waals surface area contributed by atoms with E-state index in [4.69, 9.17) is 9.72 Å². The summed E-state index contributed by atoms with van der Waals surface area (Å²) in [5.74, 6) is -0.218. The Morgan fingerprint density at radius 1 is 1.13 bits per heavy atom. The molecule has 1 amide bonds. The Morgan fingerprint density at radius 3 is 2.84 bits per heavy atom. The Bertz CT molecular complexity index is 1690. The van der Waals surface area contributed by atoms with Gasteiger partial charge in [-0.05, 0) is 68.3 Å². The molecule has 0 radical (unpaired) electrons. The van der Waals surface area contributed by atoms with Gasteiger partial charge in [0.25, 0.3) is 0 Å². The highest BCUT2D eigenvalue weighted by molar-refractivity contribution is 5.94. The zero-order valence-corrected chi connectivity index (χ0v) is 25.4. The van der Waals surface area contributed by atoms with Crippen molar-refractivity contribution >= 4 is 22.6 Å². The van der Waals surface area contributed by atoms with Gasteiger partial charge in [-0.15, -0.1) is 0 Å². The molecule has 3 aliphatic heterocycles. The van der Waals surface area contributed by atoms with Crippen LogP contribution in [0.4, 0.5) is 14.6 Å². The number of pyridine rings is 1. The average molecular weight is 614 g/mol. The summed E-state index contributed by atoms with van der Waals surface area (Å²) in [7, 11) is 0. The van der Waals surface area contributed by atoms with Crippen LogP contribution in [-0.2, 0) is 17.6 Å². The van der Waals surface area contributed by atoms with Gasteiger partial charge in [0.05, 0.1) is 24.1 Å². The second-order valence-electron chi connectivity index (χ2n) is 12.7. The van der Waals surface area contributed by atoms with E-state index >= 15 is 4.39 Å². The number of ether oxygens (including phenoxy) is 1. The van der Waals surface area contributed by atoms with Crippen molar-refractivity contribution in [2.75, 3.05) is 44.2 Å². The van der Waals surface area contributed by atoms with Gasteiger partial charge in [0.1, 0.15) is 24.1 Å². The first-order chi connectivity index (χ1) is 21.9. The number of alkyl halides is 1. The van der Waals surface area contributed by atoms with Crippen LogP contribution in [0.3, 0.4) is 0 Å². The lowest BCUT2D eigenvalue weighted by molar-refractivity contribution is -0.128. The predicted molar refractivity (Wildman–Crippen MR) is 166 cm³/mol. The number of carbonyl (C=O) groups excluding carboxylic acids is 1. The van der Waals surface area contributed by atoms with Gasteiger partial charge in [-0.1, -0.05) is 12.6 Å². The number of hydrogen-bond donors (Lipinski definition) is 0. The molecular weight excluding hydrogens is 576 g/mol. The lowest BCUT2D eigenvalue weighted by atomic mass is 9.87. The number of benzene rings is 1. The van der Waals surface area contributed by atoms with Crippen LogP contribution >= 0.6 is 0 Å². The van der Waals surface area contributed by atoms with E-state index in [-0.39, 0.29) is 36.5 Å². The van der Waals surface area contributed by atoms with Gasteiger partial charge in [0.2, 0.25) is 5.91 Å². The van der Waals surface area contributed by atoms with Crippen LogP contribution in [0.25, 0.3) is 22.0 Å². The molecule has 3 fully saturated rings. The maximum absolute atomic E-state index is 16.7. The Hall–Kier alpha value is -4.17. The lowest BCUT2D eigenvalue weighted by Gasteiger charge is -2.41. The van der Waals surface area contributed by atoms with Crippen molar-refractivity contribution in [3.63, 3.8) is 0 Å². The molecule has 3 aromatic rings. The van der Waals surface area contributed by atoms with E-state index in [0.717, 1.165) is 61.8 Å². The minimum Gasteiger partial charge on any atom is -0.461 e. The Kier molecular flexibility index (Phi) is 7.86. The number of halogens is 2. The molecule has 0 bridgehead atoms. The van der Waals surface area contributed by atoms with Crippen LogP contribution in [-0.4, -0.2) is 87.7 Å². The third kappa shape index (κ3) is 5.29. The number of nitrogens with zero attached hydrogens (tertiary/aromatic N) is 7. The first-order valence-electron chi connectivity index (χ1n) is 15.9. The van der Waals surface area contributed by atoms with Crippen molar-refractivity contribution in [3.05, 3.63) is 54.1 Å². The summed E-state index contributed by atoms with van der Waals surface area (Å²) in [6.45, 7) is 6.17. The summed E-state index contributed by atoms with van der Waals surface area (Å²) in [5.41, 5.74) is 3.22. The normalized spacial score (nSPS) is 24.7. The fourth-order valence-electron chi connectivity index (χ4n) is 7.91. The SMILES string of the molecule is C=CC(=O)N1CCN(c2nc(OC[C@@]34CCCN3C[C@H](F)C4)nc3c(F)c(-c4cncc5c4CCCC5)ccc23)C[C@@H]1CC#N. The number of nitriles is 1. The summed E-state index contributed by atoms with van der Waals surface area (Å²) >= 11 is 0. The largest absolute Gasteiger partial charge is 0.461 e. The van der Waals surface area contributed by atoms with Crippen LogP contribution in [0.1, 0.15) is 49.7 Å². The molecule has 0 N–H and O–H groups in total. The van der Waals surface area contributed by atoms with Crippen LogP contribution in [0, 0.1) is 17.1 Å². The van der Waals surface area contributed by atoms with Crippen LogP contribution in [0.5, 0.6) is 6.01 Å². The second-order valence-corrected chi connectivity index (χ2v) is 12.7. The van der Waals surface area contributed by atoms with Gasteiger partial charge < -0.3 is 14.5 Å². The van der Waals surface area contributed by atoms with Gasteiger partial charge in [-0.2, -0.15) is 15.2 Å². The summed E-state index contributed by atoms with van der Waals surface area (Å²) < 4.78 is 37.4. The molecule has 3 atom stereocenters. The van der Waals surface area contributed by atoms with Crippen molar-refractivity contribution in [2.45, 2.75) is 69.1 Å². The molecule has 5 heterocycles. The van der Waals surface area contributed by atoms with Crippen molar-refractivity contribution < 1.29 is 18.3 Å². The Morgan fingerprint density at radius 2 is 2.00 bits per heavy atom. The van der Waals surface area contributed by atoms with E-state index in [1.807, 2.05) is 17.2 Å². The molecule has 45 heavy (non-hydrogen) atoms. The van der Waals surface area contributed by atoms with Crippen LogP contribution < -0.4 is 9.64 Å². The van der Waals surface area contributed by atoms with E-state index in [2.05, 4.69) is 27.5 Å². The summed E-state index contributed by atoms with van der Waals surface area (Å²) in [6, 6.07) is 5.45. The fraction of sp³-hybridized carbons (Fsp3) is 0.500. The molecular formula is C34H37F2N7O2. The van der Waals surface area contributed by atoms with Crippen molar-refractivity contribution in [1.29, 1.82) is 5.26 Å². The summed E-state index contributed by atoms with van der Waals surface area (Å²) in [5, 5.41) is 10.0. The number of carbonyl (C=O) groups is 1. The molecule has 1 aliphatic carbocycles. The monoisotopic (exact) mass is 613 g/mol. The van der Waals surface area contributed by atoms with E-state index in [1.54, 1.807) is 17.2 Å². The maximum atomic E-state index is 16.7. The molecule has 0 spiro atoms. The number of amides is 1. The first-order valence-corrected chi connectivity index (χ1v) is 15.9. The van der Waals surface area contributed by atoms with E-state index < -0.39 is 17.5 Å². The zero-order valence-electron chi connectivity index (χ0n) is 25.4. The van der Waals surface area contributed by atoms with Crippen molar-refractivity contribution in [1.82, 2.24) is 24.8 Å². The van der Waals surface area contributed by atoms with Crippen LogP contribution in [0.15, 0.2) is 37.2 Å². The lowest BCUT2D eigenvalue weighted by Crippen LogP contribution is -2.55. The third-order valence-electron chi connectivity index (χ3n) is 10.1. The summed E-state index contributed by atoms with van der Waals surface area (Å²) in [4.78, 5) is 32.2.